The van der Waals surface area contributed by atoms with Crippen LogP contribution in [0.4, 0.5) is 0 Å². The van der Waals surface area contributed by atoms with Crippen LogP contribution in [0.3, 0.4) is 0 Å². The van der Waals surface area contributed by atoms with Crippen LogP contribution in [0.1, 0.15) is 41.3 Å². The molecule has 4 heteroatoms. The van der Waals surface area contributed by atoms with Crippen molar-refractivity contribution >= 4 is 11.9 Å². The molecule has 0 heterocycles. The second-order valence-electron chi connectivity index (χ2n) is 5.15. The fourth-order valence-corrected chi connectivity index (χ4v) is 1.87. The average molecular weight is 261 g/mol. The molecule has 1 aliphatic carbocycles. The van der Waals surface area contributed by atoms with Crippen LogP contribution in [0, 0.1) is 13.8 Å². The molecule has 1 atom stereocenters. The molecule has 0 saturated heterocycles. The minimum atomic E-state index is -0.756. The Hall–Kier alpha value is -1.84. The quantitative estimate of drug-likeness (QED) is 0.845. The number of benzene rings is 1. The molecule has 19 heavy (non-hydrogen) atoms. The number of rotatable bonds is 4. The smallest absolute Gasteiger partial charge is 0.339 e. The minimum absolute atomic E-state index is 0.222. The van der Waals surface area contributed by atoms with E-state index in [0.29, 0.717) is 5.56 Å². The summed E-state index contributed by atoms with van der Waals surface area (Å²) in [6.07, 6.45) is 1.28. The summed E-state index contributed by atoms with van der Waals surface area (Å²) in [6, 6.07) is 5.79. The highest BCUT2D eigenvalue weighted by atomic mass is 16.5. The van der Waals surface area contributed by atoms with E-state index < -0.39 is 12.1 Å². The normalized spacial score (nSPS) is 15.7. The summed E-state index contributed by atoms with van der Waals surface area (Å²) < 4.78 is 5.20. The van der Waals surface area contributed by atoms with Gasteiger partial charge in [-0.05, 0) is 45.2 Å². The number of carbonyl (C=O) groups is 2. The highest BCUT2D eigenvalue weighted by Crippen LogP contribution is 2.19. The van der Waals surface area contributed by atoms with Gasteiger partial charge in [0.25, 0.3) is 5.91 Å². The summed E-state index contributed by atoms with van der Waals surface area (Å²) in [4.78, 5) is 23.7. The number of nitrogens with one attached hydrogen (secondary N) is 1. The molecule has 1 amide bonds. The molecule has 1 aromatic carbocycles. The summed E-state index contributed by atoms with van der Waals surface area (Å²) in [6.45, 7) is 5.42. The number of hydrogen-bond acceptors (Lipinski definition) is 3. The Morgan fingerprint density at radius 1 is 1.32 bits per heavy atom. The highest BCUT2D eigenvalue weighted by molar-refractivity contribution is 5.93. The van der Waals surface area contributed by atoms with Gasteiger partial charge in [0, 0.05) is 6.04 Å². The number of ether oxygens (including phenoxy) is 1. The predicted octanol–water partition coefficient (Wildman–Crippen LogP) is 2.13. The van der Waals surface area contributed by atoms with Gasteiger partial charge in [0.15, 0.2) is 6.10 Å². The summed E-state index contributed by atoms with van der Waals surface area (Å²) in [5.74, 6) is -0.670. The zero-order valence-corrected chi connectivity index (χ0v) is 11.5. The van der Waals surface area contributed by atoms with Crippen molar-refractivity contribution in [2.75, 3.05) is 0 Å². The molecule has 0 radical (unpaired) electrons. The SMILES string of the molecule is Cc1ccc(C(=O)O[C@@H](C)C(=O)NC2CC2)c(C)c1. The Bertz CT molecular complexity index is 506. The monoisotopic (exact) mass is 261 g/mol. The van der Waals surface area contributed by atoms with Crippen molar-refractivity contribution in [1.29, 1.82) is 0 Å². The van der Waals surface area contributed by atoms with Gasteiger partial charge in [0.05, 0.1) is 5.56 Å². The van der Waals surface area contributed by atoms with Crippen LogP contribution in [0.15, 0.2) is 18.2 Å². The van der Waals surface area contributed by atoms with Gasteiger partial charge in [-0.2, -0.15) is 0 Å². The minimum Gasteiger partial charge on any atom is -0.449 e. The Balaban J connectivity index is 1.97. The first-order chi connectivity index (χ1) is 8.97. The lowest BCUT2D eigenvalue weighted by atomic mass is 10.1. The standard InChI is InChI=1S/C15H19NO3/c1-9-4-7-13(10(2)8-9)15(18)19-11(3)14(17)16-12-5-6-12/h4,7-8,11-12H,5-6H2,1-3H3,(H,16,17)/t11-/m0/s1. The molecule has 0 unspecified atom stereocenters. The van der Waals surface area contributed by atoms with Crippen LogP contribution >= 0.6 is 0 Å². The third kappa shape index (κ3) is 3.56. The van der Waals surface area contributed by atoms with Crippen LogP contribution in [-0.4, -0.2) is 24.0 Å². The number of amides is 1. The van der Waals surface area contributed by atoms with Gasteiger partial charge < -0.3 is 10.1 Å². The second-order valence-corrected chi connectivity index (χ2v) is 5.15. The Kier molecular flexibility index (Phi) is 3.88. The van der Waals surface area contributed by atoms with Gasteiger partial charge in [-0.25, -0.2) is 4.79 Å². The highest BCUT2D eigenvalue weighted by Gasteiger charge is 2.27. The third-order valence-electron chi connectivity index (χ3n) is 3.18. The number of aryl methyl sites for hydroxylation is 2. The first-order valence-corrected chi connectivity index (χ1v) is 6.56. The Morgan fingerprint density at radius 3 is 2.58 bits per heavy atom. The lowest BCUT2D eigenvalue weighted by Crippen LogP contribution is -2.37. The van der Waals surface area contributed by atoms with E-state index in [0.717, 1.165) is 24.0 Å². The van der Waals surface area contributed by atoms with E-state index in [1.807, 2.05) is 26.0 Å². The lowest BCUT2D eigenvalue weighted by molar-refractivity contribution is -0.129. The van der Waals surface area contributed by atoms with Crippen LogP contribution < -0.4 is 5.32 Å². The third-order valence-corrected chi connectivity index (χ3v) is 3.18. The Morgan fingerprint density at radius 2 is 2.00 bits per heavy atom. The van der Waals surface area contributed by atoms with Gasteiger partial charge in [-0.15, -0.1) is 0 Å². The van der Waals surface area contributed by atoms with E-state index >= 15 is 0 Å². The average Bonchev–Trinajstić information content (AvgIpc) is 3.12. The zero-order chi connectivity index (χ0) is 14.0. The maximum Gasteiger partial charge on any atom is 0.339 e. The van der Waals surface area contributed by atoms with E-state index in [1.165, 1.54) is 0 Å². The summed E-state index contributed by atoms with van der Waals surface area (Å²) in [5.41, 5.74) is 2.46. The van der Waals surface area contributed by atoms with Gasteiger partial charge in [-0.3, -0.25) is 4.79 Å². The second kappa shape index (κ2) is 5.43. The molecule has 102 valence electrons. The molecule has 1 saturated carbocycles. The number of carbonyl (C=O) groups excluding carboxylic acids is 2. The van der Waals surface area contributed by atoms with Gasteiger partial charge in [0.2, 0.25) is 0 Å². The maximum absolute atomic E-state index is 12.0. The van der Waals surface area contributed by atoms with Crippen LogP contribution in [0.25, 0.3) is 0 Å². The van der Waals surface area contributed by atoms with Crippen molar-refractivity contribution in [3.63, 3.8) is 0 Å². The van der Waals surface area contributed by atoms with E-state index in [1.54, 1.807) is 13.0 Å². The van der Waals surface area contributed by atoms with E-state index in [2.05, 4.69) is 5.32 Å². The molecule has 0 spiro atoms. The van der Waals surface area contributed by atoms with Gasteiger partial charge >= 0.3 is 5.97 Å². The van der Waals surface area contributed by atoms with Crippen molar-refractivity contribution in [2.24, 2.45) is 0 Å². The molecule has 0 aromatic heterocycles. The molecule has 4 nitrogen and oxygen atoms in total. The van der Waals surface area contributed by atoms with Crippen molar-refractivity contribution in [3.05, 3.63) is 34.9 Å². The van der Waals surface area contributed by atoms with Crippen molar-refractivity contribution in [3.8, 4) is 0 Å². The maximum atomic E-state index is 12.0. The topological polar surface area (TPSA) is 55.4 Å². The van der Waals surface area contributed by atoms with Gasteiger partial charge in [-0.1, -0.05) is 17.7 Å². The molecule has 0 aliphatic heterocycles. The molecule has 0 bridgehead atoms. The Labute approximate surface area is 113 Å². The predicted molar refractivity (Wildman–Crippen MR) is 72.0 cm³/mol. The van der Waals surface area contributed by atoms with E-state index in [4.69, 9.17) is 4.74 Å². The van der Waals surface area contributed by atoms with Gasteiger partial charge in [0.1, 0.15) is 0 Å². The largest absolute Gasteiger partial charge is 0.449 e. The van der Waals surface area contributed by atoms with Crippen LogP contribution in [-0.2, 0) is 9.53 Å². The van der Waals surface area contributed by atoms with Crippen molar-refractivity contribution in [2.45, 2.75) is 45.8 Å². The first-order valence-electron chi connectivity index (χ1n) is 6.56. The summed E-state index contributed by atoms with van der Waals surface area (Å²) in [5, 5.41) is 2.82. The van der Waals surface area contributed by atoms with E-state index in [9.17, 15) is 9.59 Å². The molecular weight excluding hydrogens is 242 g/mol. The summed E-state index contributed by atoms with van der Waals surface area (Å²) in [7, 11) is 0. The summed E-state index contributed by atoms with van der Waals surface area (Å²) >= 11 is 0. The van der Waals surface area contributed by atoms with Crippen molar-refractivity contribution in [1.82, 2.24) is 5.32 Å². The van der Waals surface area contributed by atoms with Crippen LogP contribution in [0.2, 0.25) is 0 Å². The fourth-order valence-electron chi connectivity index (χ4n) is 1.87. The molecule has 2 rings (SSSR count). The van der Waals surface area contributed by atoms with E-state index in [-0.39, 0.29) is 11.9 Å². The first kappa shape index (κ1) is 13.6. The molecule has 1 N–H and O–H groups in total. The fraction of sp³-hybridized carbons (Fsp3) is 0.467. The molecule has 1 aromatic rings. The molecular formula is C15H19NO3. The number of hydrogen-bond donors (Lipinski definition) is 1. The van der Waals surface area contributed by atoms with Crippen molar-refractivity contribution < 1.29 is 14.3 Å². The lowest BCUT2D eigenvalue weighted by Gasteiger charge is -2.14. The zero-order valence-electron chi connectivity index (χ0n) is 11.5. The number of esters is 1. The molecule has 1 fully saturated rings. The van der Waals surface area contributed by atoms with Crippen LogP contribution in [0.5, 0.6) is 0 Å². The molecule has 1 aliphatic rings.